The van der Waals surface area contributed by atoms with Gasteiger partial charge in [0.2, 0.25) is 0 Å². The van der Waals surface area contributed by atoms with Gasteiger partial charge < -0.3 is 14.2 Å². The fourth-order valence-corrected chi connectivity index (χ4v) is 5.12. The molecular formula is C25H30O5. The minimum atomic E-state index is -0.485. The molecule has 0 saturated carbocycles. The van der Waals surface area contributed by atoms with Gasteiger partial charge in [0, 0.05) is 42.4 Å². The van der Waals surface area contributed by atoms with Crippen LogP contribution in [-0.4, -0.2) is 25.8 Å². The van der Waals surface area contributed by atoms with Crippen LogP contribution in [-0.2, 0) is 14.3 Å². The van der Waals surface area contributed by atoms with Crippen molar-refractivity contribution >= 4 is 11.6 Å². The highest BCUT2D eigenvalue weighted by atomic mass is 16.5. The van der Waals surface area contributed by atoms with Gasteiger partial charge in [-0.2, -0.15) is 0 Å². The largest absolute Gasteiger partial charge is 0.493 e. The molecule has 1 heterocycles. The van der Waals surface area contributed by atoms with Crippen molar-refractivity contribution in [2.45, 2.75) is 59.3 Å². The van der Waals surface area contributed by atoms with Gasteiger partial charge >= 0.3 is 0 Å². The van der Waals surface area contributed by atoms with E-state index in [2.05, 4.69) is 27.7 Å². The van der Waals surface area contributed by atoms with Crippen LogP contribution in [0.4, 0.5) is 0 Å². The molecule has 0 N–H and O–H groups in total. The average Bonchev–Trinajstić information content (AvgIpc) is 2.63. The van der Waals surface area contributed by atoms with Crippen molar-refractivity contribution < 1.29 is 23.8 Å². The van der Waals surface area contributed by atoms with Crippen molar-refractivity contribution in [3.63, 3.8) is 0 Å². The van der Waals surface area contributed by atoms with E-state index in [1.165, 1.54) is 0 Å². The van der Waals surface area contributed by atoms with Gasteiger partial charge in [-0.25, -0.2) is 0 Å². The molecule has 0 aromatic heterocycles. The number of Topliss-reactive ketones (excluding diaryl/α,β-unsaturated/α-hetero) is 2. The van der Waals surface area contributed by atoms with Gasteiger partial charge in [-0.3, -0.25) is 9.59 Å². The summed E-state index contributed by atoms with van der Waals surface area (Å²) in [6.07, 6.45) is 2.20. The first-order valence-electron chi connectivity index (χ1n) is 10.5. The zero-order chi connectivity index (χ0) is 21.8. The molecule has 1 aromatic rings. The molecule has 0 spiro atoms. The molecule has 0 radical (unpaired) electrons. The molecule has 0 bridgehead atoms. The quantitative estimate of drug-likeness (QED) is 0.693. The first-order chi connectivity index (χ1) is 14.1. The van der Waals surface area contributed by atoms with Gasteiger partial charge in [-0.1, -0.05) is 39.8 Å². The molecule has 4 rings (SSSR count). The number of para-hydroxylation sites is 1. The predicted octanol–water partition coefficient (Wildman–Crippen LogP) is 5.10. The van der Waals surface area contributed by atoms with Crippen molar-refractivity contribution in [2.75, 3.05) is 14.2 Å². The second-order valence-electron chi connectivity index (χ2n) is 10.2. The molecule has 160 valence electrons. The molecule has 30 heavy (non-hydrogen) atoms. The first kappa shape index (κ1) is 20.7. The number of rotatable bonds is 3. The number of carbonyl (C=O) groups excluding carboxylic acids is 2. The smallest absolute Gasteiger partial charge is 0.164 e. The second-order valence-corrected chi connectivity index (χ2v) is 10.2. The number of carbonyl (C=O) groups is 2. The zero-order valence-corrected chi connectivity index (χ0v) is 18.7. The zero-order valence-electron chi connectivity index (χ0n) is 18.7. The van der Waals surface area contributed by atoms with Crippen LogP contribution in [0, 0.1) is 10.8 Å². The Hall–Kier alpha value is -2.56. The Morgan fingerprint density at radius 1 is 0.833 bits per heavy atom. The van der Waals surface area contributed by atoms with Crippen LogP contribution < -0.4 is 9.47 Å². The van der Waals surface area contributed by atoms with E-state index in [1.807, 2.05) is 18.2 Å². The predicted molar refractivity (Wildman–Crippen MR) is 113 cm³/mol. The molecule has 2 aliphatic carbocycles. The molecule has 5 heteroatoms. The van der Waals surface area contributed by atoms with Gasteiger partial charge in [0.1, 0.15) is 11.5 Å². The minimum absolute atomic E-state index is 0.0420. The first-order valence-corrected chi connectivity index (χ1v) is 10.5. The lowest BCUT2D eigenvalue weighted by Crippen LogP contribution is -2.37. The molecule has 1 aliphatic heterocycles. The SMILES string of the molecule is COc1cccc(C2C3=C(CC(C)(C)CC3=O)OC3=C2C(=O)CC(C)(C)C3)c1OC. The van der Waals surface area contributed by atoms with Crippen LogP contribution in [0.2, 0.25) is 0 Å². The van der Waals surface area contributed by atoms with Crippen LogP contribution in [0.25, 0.3) is 0 Å². The van der Waals surface area contributed by atoms with Gasteiger partial charge in [0.15, 0.2) is 23.1 Å². The number of allylic oxidation sites excluding steroid dienone is 4. The fourth-order valence-electron chi connectivity index (χ4n) is 5.12. The van der Waals surface area contributed by atoms with E-state index in [4.69, 9.17) is 14.2 Å². The van der Waals surface area contributed by atoms with E-state index in [0.717, 1.165) is 5.56 Å². The van der Waals surface area contributed by atoms with E-state index in [-0.39, 0.29) is 22.4 Å². The number of ketones is 2. The summed E-state index contributed by atoms with van der Waals surface area (Å²) in [4.78, 5) is 26.7. The molecule has 1 aromatic carbocycles. The van der Waals surface area contributed by atoms with E-state index in [9.17, 15) is 9.59 Å². The lowest BCUT2D eigenvalue weighted by atomic mass is 9.65. The Labute approximate surface area is 178 Å². The Morgan fingerprint density at radius 2 is 1.37 bits per heavy atom. The van der Waals surface area contributed by atoms with Crippen molar-refractivity contribution in [1.29, 1.82) is 0 Å². The molecule has 5 nitrogen and oxygen atoms in total. The fraction of sp³-hybridized carbons (Fsp3) is 0.520. The molecule has 0 amide bonds. The maximum Gasteiger partial charge on any atom is 0.164 e. The molecule has 0 fully saturated rings. The summed E-state index contributed by atoms with van der Waals surface area (Å²) in [6.45, 7) is 8.33. The summed E-state index contributed by atoms with van der Waals surface area (Å²) in [6, 6.07) is 5.62. The van der Waals surface area contributed by atoms with E-state index in [1.54, 1.807) is 14.2 Å². The number of methoxy groups -OCH3 is 2. The standard InChI is InChI=1S/C25H30O5/c1-24(2)10-15(26)21-18(12-24)30-19-13-25(3,4)11-16(27)22(19)20(21)14-8-7-9-17(28-5)23(14)29-6/h7-9,20H,10-13H2,1-6H3. The lowest BCUT2D eigenvalue weighted by Gasteiger charge is -2.43. The van der Waals surface area contributed by atoms with Crippen LogP contribution in [0.1, 0.15) is 64.9 Å². The highest BCUT2D eigenvalue weighted by Crippen LogP contribution is 2.55. The summed E-state index contributed by atoms with van der Waals surface area (Å²) in [5, 5.41) is 0. The van der Waals surface area contributed by atoms with E-state index < -0.39 is 5.92 Å². The molecule has 0 unspecified atom stereocenters. The topological polar surface area (TPSA) is 61.8 Å². The Morgan fingerprint density at radius 3 is 1.83 bits per heavy atom. The van der Waals surface area contributed by atoms with Crippen molar-refractivity contribution in [1.82, 2.24) is 0 Å². The third-order valence-corrected chi connectivity index (χ3v) is 6.33. The number of ether oxygens (including phenoxy) is 3. The highest BCUT2D eigenvalue weighted by Gasteiger charge is 2.48. The number of hydrogen-bond donors (Lipinski definition) is 0. The van der Waals surface area contributed by atoms with Gasteiger partial charge in [-0.05, 0) is 16.9 Å². The van der Waals surface area contributed by atoms with Gasteiger partial charge in [0.25, 0.3) is 0 Å². The Balaban J connectivity index is 1.97. The third-order valence-electron chi connectivity index (χ3n) is 6.33. The van der Waals surface area contributed by atoms with Crippen LogP contribution in [0.15, 0.2) is 40.9 Å². The van der Waals surface area contributed by atoms with Crippen molar-refractivity contribution in [3.8, 4) is 11.5 Å². The van der Waals surface area contributed by atoms with Gasteiger partial charge in [0.05, 0.1) is 20.1 Å². The minimum Gasteiger partial charge on any atom is -0.493 e. The lowest BCUT2D eigenvalue weighted by molar-refractivity contribution is -0.120. The maximum absolute atomic E-state index is 13.3. The molecular weight excluding hydrogens is 380 g/mol. The molecule has 3 aliphatic rings. The summed E-state index contributed by atoms with van der Waals surface area (Å²) in [5.41, 5.74) is 1.64. The maximum atomic E-state index is 13.3. The van der Waals surface area contributed by atoms with Crippen LogP contribution in [0.3, 0.4) is 0 Å². The second kappa shape index (κ2) is 7.00. The number of hydrogen-bond acceptors (Lipinski definition) is 5. The number of benzene rings is 1. The molecule has 0 atom stereocenters. The monoisotopic (exact) mass is 410 g/mol. The summed E-state index contributed by atoms with van der Waals surface area (Å²) in [5.74, 6) is 2.14. The van der Waals surface area contributed by atoms with Crippen molar-refractivity contribution in [3.05, 3.63) is 46.4 Å². The Bertz CT molecular complexity index is 941. The Kier molecular flexibility index (Phi) is 4.83. The normalized spacial score (nSPS) is 23.0. The van der Waals surface area contributed by atoms with E-state index in [0.29, 0.717) is 59.8 Å². The summed E-state index contributed by atoms with van der Waals surface area (Å²) < 4.78 is 17.5. The summed E-state index contributed by atoms with van der Waals surface area (Å²) >= 11 is 0. The van der Waals surface area contributed by atoms with Crippen molar-refractivity contribution in [2.24, 2.45) is 10.8 Å². The van der Waals surface area contributed by atoms with E-state index >= 15 is 0 Å². The van der Waals surface area contributed by atoms with Crippen LogP contribution >= 0.6 is 0 Å². The van der Waals surface area contributed by atoms with Gasteiger partial charge in [-0.15, -0.1) is 0 Å². The third kappa shape index (κ3) is 3.34. The summed E-state index contributed by atoms with van der Waals surface area (Å²) in [7, 11) is 3.17. The average molecular weight is 411 g/mol. The molecule has 0 saturated heterocycles. The highest BCUT2D eigenvalue weighted by molar-refractivity contribution is 6.06. The van der Waals surface area contributed by atoms with Crippen LogP contribution in [0.5, 0.6) is 11.5 Å².